The number of likely N-dealkylation sites (tertiary alicyclic amines) is 1. The van der Waals surface area contributed by atoms with E-state index in [4.69, 9.17) is 4.74 Å². The average Bonchev–Trinajstić information content (AvgIpc) is 3.25. The van der Waals surface area contributed by atoms with Crippen LogP contribution in [0.4, 0.5) is 0 Å². The van der Waals surface area contributed by atoms with Gasteiger partial charge in [-0.2, -0.15) is 0 Å². The third-order valence-corrected chi connectivity index (χ3v) is 6.11. The van der Waals surface area contributed by atoms with Gasteiger partial charge in [0.15, 0.2) is 0 Å². The number of fused-ring (bicyclic) bond motifs is 5. The molecule has 3 saturated heterocycles. The number of hydrogen-bond acceptors (Lipinski definition) is 3. The highest BCUT2D eigenvalue weighted by molar-refractivity contribution is 6.06. The molecule has 0 spiro atoms. The maximum absolute atomic E-state index is 12.5. The number of nitrogens with zero attached hydrogens (tertiary/aromatic N) is 1. The van der Waals surface area contributed by atoms with Gasteiger partial charge in [0.25, 0.3) is 0 Å². The zero-order chi connectivity index (χ0) is 16.9. The third kappa shape index (κ3) is 3.68. The van der Waals surface area contributed by atoms with Gasteiger partial charge in [-0.3, -0.25) is 14.5 Å². The molecule has 3 fully saturated rings. The molecule has 4 heteroatoms. The minimum Gasteiger partial charge on any atom is -0.373 e. The maximum atomic E-state index is 12.5. The van der Waals surface area contributed by atoms with E-state index in [-0.39, 0.29) is 35.9 Å². The second-order valence-electron chi connectivity index (χ2n) is 7.85. The quantitative estimate of drug-likeness (QED) is 0.422. The number of carbonyl (C=O) groups is 2. The fraction of sp³-hybridized carbons (Fsp3) is 0.900. The fourth-order valence-corrected chi connectivity index (χ4v) is 4.75. The van der Waals surface area contributed by atoms with Gasteiger partial charge in [0.1, 0.15) is 0 Å². The van der Waals surface area contributed by atoms with E-state index < -0.39 is 0 Å². The lowest BCUT2D eigenvalue weighted by Crippen LogP contribution is -2.35. The van der Waals surface area contributed by atoms with E-state index in [2.05, 4.69) is 6.92 Å². The van der Waals surface area contributed by atoms with Crippen LogP contribution in [-0.2, 0) is 14.3 Å². The van der Waals surface area contributed by atoms with Crippen LogP contribution in [0.15, 0.2) is 0 Å². The molecule has 0 aliphatic carbocycles. The normalized spacial score (nSPS) is 31.3. The molecule has 0 saturated carbocycles. The van der Waals surface area contributed by atoms with Gasteiger partial charge in [0.2, 0.25) is 11.8 Å². The van der Waals surface area contributed by atoms with E-state index in [1.54, 1.807) is 4.90 Å². The topological polar surface area (TPSA) is 46.6 Å². The summed E-state index contributed by atoms with van der Waals surface area (Å²) >= 11 is 0. The summed E-state index contributed by atoms with van der Waals surface area (Å²) in [4.78, 5) is 26.6. The lowest BCUT2D eigenvalue weighted by molar-refractivity contribution is -0.142. The van der Waals surface area contributed by atoms with Crippen molar-refractivity contribution in [1.29, 1.82) is 0 Å². The number of ether oxygens (including phenoxy) is 1. The number of amides is 2. The Morgan fingerprint density at radius 2 is 1.25 bits per heavy atom. The Balaban J connectivity index is 1.28. The standard InChI is InChI=1S/C20H33NO3/c1-2-3-4-5-6-7-8-9-10-11-14-21-19(22)17-15-12-13-16(24-15)18(17)20(21)23/h15-18H,2-14H2,1H3/t15-,16+,17-,18+. The summed E-state index contributed by atoms with van der Waals surface area (Å²) in [5, 5.41) is 0. The summed E-state index contributed by atoms with van der Waals surface area (Å²) in [6.45, 7) is 2.88. The van der Waals surface area contributed by atoms with Crippen molar-refractivity contribution in [2.75, 3.05) is 6.54 Å². The van der Waals surface area contributed by atoms with Crippen molar-refractivity contribution in [3.63, 3.8) is 0 Å². The third-order valence-electron chi connectivity index (χ3n) is 6.11. The van der Waals surface area contributed by atoms with Crippen LogP contribution in [0.3, 0.4) is 0 Å². The van der Waals surface area contributed by atoms with Gasteiger partial charge in [-0.05, 0) is 19.3 Å². The van der Waals surface area contributed by atoms with Crippen LogP contribution in [0.1, 0.15) is 84.0 Å². The molecule has 4 nitrogen and oxygen atoms in total. The summed E-state index contributed by atoms with van der Waals surface area (Å²) in [5.41, 5.74) is 0. The Labute approximate surface area is 146 Å². The Bertz CT molecular complexity index is 422. The molecule has 0 aromatic heterocycles. The largest absolute Gasteiger partial charge is 0.373 e. The maximum Gasteiger partial charge on any atom is 0.235 e. The first kappa shape index (κ1) is 17.9. The van der Waals surface area contributed by atoms with Crippen molar-refractivity contribution in [2.45, 2.75) is 96.2 Å². The highest BCUT2D eigenvalue weighted by atomic mass is 16.5. The smallest absolute Gasteiger partial charge is 0.235 e. The van der Waals surface area contributed by atoms with Crippen LogP contribution >= 0.6 is 0 Å². The van der Waals surface area contributed by atoms with E-state index in [1.165, 1.54) is 51.4 Å². The second-order valence-corrected chi connectivity index (χ2v) is 7.85. The minimum atomic E-state index is -0.153. The van der Waals surface area contributed by atoms with Gasteiger partial charge in [-0.15, -0.1) is 0 Å². The molecule has 3 heterocycles. The van der Waals surface area contributed by atoms with E-state index in [9.17, 15) is 9.59 Å². The molecule has 3 rings (SSSR count). The van der Waals surface area contributed by atoms with Crippen LogP contribution in [0, 0.1) is 11.8 Å². The van der Waals surface area contributed by atoms with Gasteiger partial charge in [-0.25, -0.2) is 0 Å². The zero-order valence-corrected chi connectivity index (χ0v) is 15.2. The van der Waals surface area contributed by atoms with Crippen molar-refractivity contribution < 1.29 is 14.3 Å². The van der Waals surface area contributed by atoms with Crippen LogP contribution < -0.4 is 0 Å². The summed E-state index contributed by atoms with van der Waals surface area (Å²) < 4.78 is 5.77. The number of imide groups is 1. The van der Waals surface area contributed by atoms with Gasteiger partial charge in [0, 0.05) is 6.54 Å². The van der Waals surface area contributed by atoms with Crippen molar-refractivity contribution in [1.82, 2.24) is 4.90 Å². The molecule has 3 aliphatic rings. The molecule has 0 radical (unpaired) electrons. The molecular formula is C20H33NO3. The van der Waals surface area contributed by atoms with Crippen molar-refractivity contribution in [3.8, 4) is 0 Å². The number of hydrogen-bond donors (Lipinski definition) is 0. The molecular weight excluding hydrogens is 302 g/mol. The molecule has 3 aliphatic heterocycles. The van der Waals surface area contributed by atoms with Crippen molar-refractivity contribution >= 4 is 11.8 Å². The molecule has 0 aromatic rings. The second kappa shape index (κ2) is 8.46. The van der Waals surface area contributed by atoms with Crippen molar-refractivity contribution in [3.05, 3.63) is 0 Å². The summed E-state index contributed by atoms with van der Waals surface area (Å²) in [6, 6.07) is 0. The molecule has 2 bridgehead atoms. The molecule has 0 unspecified atom stereocenters. The number of unbranched alkanes of at least 4 members (excludes halogenated alkanes) is 9. The predicted octanol–water partition coefficient (Wildman–Crippen LogP) is 4.07. The monoisotopic (exact) mass is 335 g/mol. The Hall–Kier alpha value is -0.900. The minimum absolute atomic E-state index is 0.0224. The first-order valence-corrected chi connectivity index (χ1v) is 10.2. The van der Waals surface area contributed by atoms with Gasteiger partial charge < -0.3 is 4.74 Å². The highest BCUT2D eigenvalue weighted by Crippen LogP contribution is 2.48. The SMILES string of the molecule is CCCCCCCCCCCCN1C(=O)[C@@H]2[C@H](C1=O)[C@H]1CC[C@@H]2O1. The summed E-state index contributed by atoms with van der Waals surface area (Å²) in [5.74, 6) is -0.208. The van der Waals surface area contributed by atoms with E-state index >= 15 is 0 Å². The van der Waals surface area contributed by atoms with Gasteiger partial charge in [0.05, 0.1) is 24.0 Å². The number of carbonyl (C=O) groups excluding carboxylic acids is 2. The Morgan fingerprint density at radius 1 is 0.792 bits per heavy atom. The van der Waals surface area contributed by atoms with Gasteiger partial charge in [-0.1, -0.05) is 64.7 Å². The molecule has 4 atom stereocenters. The summed E-state index contributed by atoms with van der Waals surface area (Å²) in [7, 11) is 0. The lowest BCUT2D eigenvalue weighted by Gasteiger charge is -2.17. The summed E-state index contributed by atoms with van der Waals surface area (Å²) in [6.07, 6.45) is 14.7. The Kier molecular flexibility index (Phi) is 6.31. The molecule has 2 amide bonds. The fourth-order valence-electron chi connectivity index (χ4n) is 4.75. The van der Waals surface area contributed by atoms with E-state index in [1.807, 2.05) is 0 Å². The van der Waals surface area contributed by atoms with Crippen molar-refractivity contribution in [2.24, 2.45) is 11.8 Å². The van der Waals surface area contributed by atoms with Crippen LogP contribution in [0.25, 0.3) is 0 Å². The lowest BCUT2D eigenvalue weighted by atomic mass is 9.81. The Morgan fingerprint density at radius 3 is 1.75 bits per heavy atom. The van der Waals surface area contributed by atoms with E-state index in [0.29, 0.717) is 6.54 Å². The zero-order valence-electron chi connectivity index (χ0n) is 15.2. The molecule has 0 aromatic carbocycles. The van der Waals surface area contributed by atoms with Crippen LogP contribution in [-0.4, -0.2) is 35.5 Å². The number of rotatable bonds is 11. The molecule has 0 N–H and O–H groups in total. The molecule has 136 valence electrons. The van der Waals surface area contributed by atoms with E-state index in [0.717, 1.165) is 25.7 Å². The molecule has 24 heavy (non-hydrogen) atoms. The first-order chi connectivity index (χ1) is 11.7. The average molecular weight is 335 g/mol. The van der Waals surface area contributed by atoms with Gasteiger partial charge >= 0.3 is 0 Å². The highest BCUT2D eigenvalue weighted by Gasteiger charge is 2.62. The van der Waals surface area contributed by atoms with Crippen LogP contribution in [0.5, 0.6) is 0 Å². The first-order valence-electron chi connectivity index (χ1n) is 10.2. The predicted molar refractivity (Wildman–Crippen MR) is 93.4 cm³/mol. The van der Waals surface area contributed by atoms with Crippen LogP contribution in [0.2, 0.25) is 0 Å².